The number of para-hydroxylation sites is 1. The van der Waals surface area contributed by atoms with Crippen molar-refractivity contribution >= 4 is 17.3 Å². The van der Waals surface area contributed by atoms with Gasteiger partial charge in [-0.2, -0.15) is 5.10 Å². The van der Waals surface area contributed by atoms with Crippen LogP contribution < -0.4 is 21.4 Å². The first-order chi connectivity index (χ1) is 14.5. The second-order valence-corrected chi connectivity index (χ2v) is 7.12. The summed E-state index contributed by atoms with van der Waals surface area (Å²) in [6, 6.07) is 13.6. The van der Waals surface area contributed by atoms with E-state index in [0.29, 0.717) is 29.4 Å². The van der Waals surface area contributed by atoms with Gasteiger partial charge in [-0.3, -0.25) is 9.78 Å². The molecule has 2 heterocycles. The third-order valence-corrected chi connectivity index (χ3v) is 5.06. The van der Waals surface area contributed by atoms with Gasteiger partial charge in [-0.25, -0.2) is 9.36 Å². The van der Waals surface area contributed by atoms with Gasteiger partial charge in [0.25, 0.3) is 5.56 Å². The fourth-order valence-corrected chi connectivity index (χ4v) is 3.57. The number of aromatic nitrogens is 2. The molecule has 0 radical (unpaired) electrons. The number of hydrogen-bond donors (Lipinski definition) is 3. The van der Waals surface area contributed by atoms with E-state index in [9.17, 15) is 14.7 Å². The lowest BCUT2D eigenvalue weighted by molar-refractivity contribution is 0.332. The Morgan fingerprint density at radius 3 is 2.67 bits per heavy atom. The highest BCUT2D eigenvalue weighted by Crippen LogP contribution is 2.32. The Bertz CT molecular complexity index is 1230. The zero-order valence-corrected chi connectivity index (χ0v) is 16.8. The Labute approximate surface area is 176 Å². The van der Waals surface area contributed by atoms with Crippen molar-refractivity contribution in [2.45, 2.75) is 19.4 Å². The van der Waals surface area contributed by atoms with Crippen LogP contribution in [-0.4, -0.2) is 27.0 Å². The monoisotopic (exact) mass is 426 g/mol. The van der Waals surface area contributed by atoms with E-state index < -0.39 is 17.1 Å². The molecule has 0 spiro atoms. The maximum absolute atomic E-state index is 12.5. The third kappa shape index (κ3) is 3.57. The van der Waals surface area contributed by atoms with Crippen LogP contribution in [0.15, 0.2) is 63.2 Å². The zero-order chi connectivity index (χ0) is 21.3. The summed E-state index contributed by atoms with van der Waals surface area (Å²) in [6.45, 7) is 2.42. The standard InChI is InChI=1S/C21H19ClN4O4/c1-2-30-17-6-4-3-5-14(17)15-11-16(25-24-15)18-19(27)23-21(29)26(20(18)28)13-9-7-12(22)8-10-13/h3-10,15,24,28H,2,11H2,1H3,(H,23,27,29)/t15-/m1/s1. The molecule has 2 aromatic carbocycles. The van der Waals surface area contributed by atoms with E-state index in [1.54, 1.807) is 24.3 Å². The lowest BCUT2D eigenvalue weighted by Gasteiger charge is -2.15. The van der Waals surface area contributed by atoms with E-state index in [-0.39, 0.29) is 11.6 Å². The van der Waals surface area contributed by atoms with Crippen LogP contribution in [0, 0.1) is 0 Å². The highest BCUT2D eigenvalue weighted by Gasteiger charge is 2.29. The summed E-state index contributed by atoms with van der Waals surface area (Å²) in [4.78, 5) is 27.1. The van der Waals surface area contributed by atoms with E-state index in [2.05, 4.69) is 15.5 Å². The quantitative estimate of drug-likeness (QED) is 0.581. The lowest BCUT2D eigenvalue weighted by atomic mass is 9.99. The molecule has 9 heteroatoms. The molecule has 30 heavy (non-hydrogen) atoms. The molecule has 0 saturated heterocycles. The van der Waals surface area contributed by atoms with Crippen LogP contribution in [0.25, 0.3) is 5.69 Å². The number of ether oxygens (including phenoxy) is 1. The van der Waals surface area contributed by atoms with Crippen LogP contribution in [0.3, 0.4) is 0 Å². The van der Waals surface area contributed by atoms with Crippen LogP contribution in [0.4, 0.5) is 0 Å². The minimum absolute atomic E-state index is 0.0616. The summed E-state index contributed by atoms with van der Waals surface area (Å²) in [6.07, 6.45) is 0.333. The van der Waals surface area contributed by atoms with Gasteiger partial charge in [0.15, 0.2) is 0 Å². The highest BCUT2D eigenvalue weighted by atomic mass is 35.5. The molecule has 4 rings (SSSR count). The first-order valence-electron chi connectivity index (χ1n) is 9.38. The number of nitrogens with zero attached hydrogens (tertiary/aromatic N) is 2. The Balaban J connectivity index is 1.72. The van der Waals surface area contributed by atoms with Crippen LogP contribution in [0.2, 0.25) is 5.02 Å². The minimum Gasteiger partial charge on any atom is -0.494 e. The van der Waals surface area contributed by atoms with Crippen molar-refractivity contribution in [2.24, 2.45) is 5.10 Å². The highest BCUT2D eigenvalue weighted by molar-refractivity contribution is 6.30. The SMILES string of the molecule is CCOc1ccccc1[C@H]1CC(c2c(O)n(-c3ccc(Cl)cc3)c(=O)[nH]c2=O)=NN1. The van der Waals surface area contributed by atoms with Crippen molar-refractivity contribution in [3.63, 3.8) is 0 Å². The number of nitrogens with one attached hydrogen (secondary N) is 2. The van der Waals surface area contributed by atoms with Crippen molar-refractivity contribution in [3.05, 3.63) is 85.5 Å². The topological polar surface area (TPSA) is 109 Å². The first-order valence-corrected chi connectivity index (χ1v) is 9.75. The van der Waals surface area contributed by atoms with E-state index >= 15 is 0 Å². The minimum atomic E-state index is -0.756. The van der Waals surface area contributed by atoms with Crippen LogP contribution >= 0.6 is 11.6 Å². The molecule has 1 atom stereocenters. The van der Waals surface area contributed by atoms with Gasteiger partial charge in [0.2, 0.25) is 5.88 Å². The van der Waals surface area contributed by atoms with Crippen molar-refractivity contribution < 1.29 is 9.84 Å². The number of aromatic amines is 1. The van der Waals surface area contributed by atoms with Crippen LogP contribution in [0.1, 0.15) is 30.5 Å². The average molecular weight is 427 g/mol. The molecule has 0 saturated carbocycles. The fraction of sp³-hybridized carbons (Fsp3) is 0.190. The molecule has 154 valence electrons. The number of hydrazone groups is 1. The zero-order valence-electron chi connectivity index (χ0n) is 16.1. The Morgan fingerprint density at radius 1 is 1.20 bits per heavy atom. The van der Waals surface area contributed by atoms with Gasteiger partial charge in [-0.15, -0.1) is 0 Å². The number of hydrogen-bond acceptors (Lipinski definition) is 6. The molecule has 1 aliphatic heterocycles. The summed E-state index contributed by atoms with van der Waals surface area (Å²) in [5.41, 5.74) is 3.07. The second-order valence-electron chi connectivity index (χ2n) is 6.68. The van der Waals surface area contributed by atoms with Gasteiger partial charge < -0.3 is 15.3 Å². The number of aromatic hydroxyl groups is 1. The number of rotatable bonds is 5. The van der Waals surface area contributed by atoms with E-state index in [1.165, 1.54) is 0 Å². The number of H-pyrrole nitrogens is 1. The second kappa shape index (κ2) is 8.08. The molecule has 0 amide bonds. The van der Waals surface area contributed by atoms with Crippen molar-refractivity contribution in [1.29, 1.82) is 0 Å². The molecule has 0 unspecified atom stereocenters. The predicted molar refractivity (Wildman–Crippen MR) is 114 cm³/mol. The summed E-state index contributed by atoms with van der Waals surface area (Å²) in [5.74, 6) is 0.239. The third-order valence-electron chi connectivity index (χ3n) is 4.81. The van der Waals surface area contributed by atoms with E-state index in [0.717, 1.165) is 15.9 Å². The lowest BCUT2D eigenvalue weighted by Crippen LogP contribution is -2.33. The van der Waals surface area contributed by atoms with Gasteiger partial charge in [-0.05, 0) is 37.3 Å². The summed E-state index contributed by atoms with van der Waals surface area (Å²) >= 11 is 5.90. The smallest absolute Gasteiger partial charge is 0.335 e. The van der Waals surface area contributed by atoms with Gasteiger partial charge in [0.05, 0.1) is 24.0 Å². The largest absolute Gasteiger partial charge is 0.494 e. The van der Waals surface area contributed by atoms with Gasteiger partial charge >= 0.3 is 5.69 Å². The Hall–Kier alpha value is -3.52. The predicted octanol–water partition coefficient (Wildman–Crippen LogP) is 2.72. The summed E-state index contributed by atoms with van der Waals surface area (Å²) in [7, 11) is 0. The number of halogens is 1. The van der Waals surface area contributed by atoms with E-state index in [4.69, 9.17) is 16.3 Å². The molecular formula is C21H19ClN4O4. The summed E-state index contributed by atoms with van der Waals surface area (Å²) in [5, 5.41) is 15.5. The van der Waals surface area contributed by atoms with Crippen LogP contribution in [-0.2, 0) is 0 Å². The Morgan fingerprint density at radius 2 is 1.93 bits per heavy atom. The van der Waals surface area contributed by atoms with E-state index in [1.807, 2.05) is 31.2 Å². The fourth-order valence-electron chi connectivity index (χ4n) is 3.45. The van der Waals surface area contributed by atoms with Gasteiger partial charge in [-0.1, -0.05) is 29.8 Å². The maximum atomic E-state index is 12.5. The summed E-state index contributed by atoms with van der Waals surface area (Å²) < 4.78 is 6.69. The van der Waals surface area contributed by atoms with Crippen molar-refractivity contribution in [2.75, 3.05) is 6.61 Å². The molecule has 1 aromatic heterocycles. The molecule has 0 bridgehead atoms. The molecule has 0 fully saturated rings. The molecule has 0 aliphatic carbocycles. The first kappa shape index (κ1) is 19.8. The molecule has 3 N–H and O–H groups in total. The van der Waals surface area contributed by atoms with Gasteiger partial charge in [0, 0.05) is 17.0 Å². The van der Waals surface area contributed by atoms with Gasteiger partial charge in [0.1, 0.15) is 11.3 Å². The van der Waals surface area contributed by atoms with Crippen molar-refractivity contribution in [1.82, 2.24) is 15.0 Å². The van der Waals surface area contributed by atoms with Crippen LogP contribution in [0.5, 0.6) is 11.6 Å². The average Bonchev–Trinajstić information content (AvgIpc) is 3.19. The number of benzene rings is 2. The molecule has 1 aliphatic rings. The van der Waals surface area contributed by atoms with Crippen molar-refractivity contribution in [3.8, 4) is 17.3 Å². The molecule has 8 nitrogen and oxygen atoms in total. The normalized spacial score (nSPS) is 15.5. The molecule has 3 aromatic rings. The Kier molecular flexibility index (Phi) is 5.33. The maximum Gasteiger partial charge on any atom is 0.335 e. The molecular weight excluding hydrogens is 408 g/mol.